The number of nitrogen functional groups attached to an aromatic ring is 1. The number of halogens is 1. The van der Waals surface area contributed by atoms with Crippen LogP contribution in [0.2, 0.25) is 5.02 Å². The second kappa shape index (κ2) is 5.15. The quantitative estimate of drug-likeness (QED) is 0.727. The monoisotopic (exact) mass is 254 g/mol. The number of nitrogens with two attached hydrogens (primary N) is 1. The zero-order valence-electron chi connectivity index (χ0n) is 9.88. The Balaban J connectivity index is 2.20. The number of hydrogen-bond acceptors (Lipinski definition) is 3. The van der Waals surface area contributed by atoms with E-state index >= 15 is 0 Å². The summed E-state index contributed by atoms with van der Waals surface area (Å²) in [7, 11) is 0. The molecule has 1 aromatic carbocycles. The molecule has 4 heteroatoms. The van der Waals surface area contributed by atoms with Gasteiger partial charge in [0.15, 0.2) is 0 Å². The van der Waals surface area contributed by atoms with Crippen LogP contribution >= 0.6 is 11.6 Å². The van der Waals surface area contributed by atoms with E-state index in [9.17, 15) is 5.11 Å². The van der Waals surface area contributed by atoms with Crippen molar-refractivity contribution in [3.63, 3.8) is 0 Å². The third-order valence-electron chi connectivity index (χ3n) is 3.53. The maximum atomic E-state index is 9.63. The van der Waals surface area contributed by atoms with Crippen molar-refractivity contribution in [1.29, 1.82) is 0 Å². The standard InChI is InChI=1S/C13H19ClN2O/c14-10-4-5-11(15)12(8-10)16-13(9-17)6-2-1-3-7-13/h4-5,8,16-17H,1-3,6-7,9,15H2. The van der Waals surface area contributed by atoms with Crippen molar-refractivity contribution >= 4 is 23.0 Å². The van der Waals surface area contributed by atoms with Crippen LogP contribution < -0.4 is 11.1 Å². The molecule has 17 heavy (non-hydrogen) atoms. The summed E-state index contributed by atoms with van der Waals surface area (Å²) in [5.74, 6) is 0. The Morgan fingerprint density at radius 3 is 2.65 bits per heavy atom. The van der Waals surface area contributed by atoms with Gasteiger partial charge in [-0.3, -0.25) is 0 Å². The minimum atomic E-state index is -0.225. The molecule has 0 bridgehead atoms. The molecular weight excluding hydrogens is 236 g/mol. The van der Waals surface area contributed by atoms with E-state index < -0.39 is 0 Å². The van der Waals surface area contributed by atoms with Crippen LogP contribution in [0, 0.1) is 0 Å². The number of rotatable bonds is 3. The highest BCUT2D eigenvalue weighted by Gasteiger charge is 2.31. The summed E-state index contributed by atoms with van der Waals surface area (Å²) in [5.41, 5.74) is 7.19. The Bertz CT molecular complexity index is 389. The fraction of sp³-hybridized carbons (Fsp3) is 0.538. The van der Waals surface area contributed by atoms with Gasteiger partial charge in [0.05, 0.1) is 23.5 Å². The van der Waals surface area contributed by atoms with Crippen LogP contribution in [0.3, 0.4) is 0 Å². The Morgan fingerprint density at radius 2 is 2.00 bits per heavy atom. The molecule has 4 N–H and O–H groups in total. The van der Waals surface area contributed by atoms with Crippen molar-refractivity contribution in [2.24, 2.45) is 0 Å². The lowest BCUT2D eigenvalue weighted by atomic mass is 9.82. The van der Waals surface area contributed by atoms with E-state index in [1.165, 1.54) is 6.42 Å². The molecule has 0 amide bonds. The highest BCUT2D eigenvalue weighted by molar-refractivity contribution is 6.31. The molecule has 0 radical (unpaired) electrons. The smallest absolute Gasteiger partial charge is 0.0661 e. The molecule has 94 valence electrons. The van der Waals surface area contributed by atoms with E-state index in [1.807, 2.05) is 6.07 Å². The highest BCUT2D eigenvalue weighted by atomic mass is 35.5. The Kier molecular flexibility index (Phi) is 3.79. The molecule has 1 aliphatic carbocycles. The first kappa shape index (κ1) is 12.5. The minimum absolute atomic E-state index is 0.138. The van der Waals surface area contributed by atoms with E-state index in [0.29, 0.717) is 10.7 Å². The third-order valence-corrected chi connectivity index (χ3v) is 3.76. The van der Waals surface area contributed by atoms with Crippen LogP contribution in [-0.2, 0) is 0 Å². The summed E-state index contributed by atoms with van der Waals surface area (Å²) in [6.07, 6.45) is 5.50. The summed E-state index contributed by atoms with van der Waals surface area (Å²) in [6, 6.07) is 5.38. The molecule has 1 saturated carbocycles. The summed E-state index contributed by atoms with van der Waals surface area (Å²) in [4.78, 5) is 0. The molecular formula is C13H19ClN2O. The molecule has 0 aliphatic heterocycles. The van der Waals surface area contributed by atoms with E-state index in [-0.39, 0.29) is 12.1 Å². The zero-order valence-corrected chi connectivity index (χ0v) is 10.6. The molecule has 0 saturated heterocycles. The fourth-order valence-electron chi connectivity index (χ4n) is 2.47. The van der Waals surface area contributed by atoms with Crippen LogP contribution in [0.15, 0.2) is 18.2 Å². The lowest BCUT2D eigenvalue weighted by Crippen LogP contribution is -2.44. The maximum Gasteiger partial charge on any atom is 0.0661 e. The summed E-state index contributed by atoms with van der Waals surface area (Å²) < 4.78 is 0. The van der Waals surface area contributed by atoms with Crippen LogP contribution in [0.25, 0.3) is 0 Å². The van der Waals surface area contributed by atoms with Gasteiger partial charge in [-0.15, -0.1) is 0 Å². The predicted molar refractivity (Wildman–Crippen MR) is 72.4 cm³/mol. The SMILES string of the molecule is Nc1ccc(Cl)cc1NC1(CO)CCCCC1. The largest absolute Gasteiger partial charge is 0.397 e. The van der Waals surface area contributed by atoms with Gasteiger partial charge < -0.3 is 16.2 Å². The Hall–Kier alpha value is -0.930. The Labute approximate surface area is 107 Å². The lowest BCUT2D eigenvalue weighted by Gasteiger charge is -2.37. The summed E-state index contributed by atoms with van der Waals surface area (Å²) >= 11 is 5.97. The van der Waals surface area contributed by atoms with Crippen LogP contribution in [0.5, 0.6) is 0 Å². The van der Waals surface area contributed by atoms with Gasteiger partial charge in [-0.2, -0.15) is 0 Å². The van der Waals surface area contributed by atoms with Gasteiger partial charge in [0.2, 0.25) is 0 Å². The van der Waals surface area contributed by atoms with Crippen molar-refractivity contribution in [2.45, 2.75) is 37.6 Å². The molecule has 1 fully saturated rings. The van der Waals surface area contributed by atoms with E-state index in [1.54, 1.807) is 12.1 Å². The van der Waals surface area contributed by atoms with Gasteiger partial charge in [-0.25, -0.2) is 0 Å². The van der Waals surface area contributed by atoms with Gasteiger partial charge in [0.1, 0.15) is 0 Å². The van der Waals surface area contributed by atoms with E-state index in [2.05, 4.69) is 5.32 Å². The molecule has 0 unspecified atom stereocenters. The normalized spacial score (nSPS) is 18.9. The first-order valence-corrected chi connectivity index (χ1v) is 6.47. The molecule has 1 aromatic rings. The van der Waals surface area contributed by atoms with Crippen molar-refractivity contribution in [3.8, 4) is 0 Å². The van der Waals surface area contributed by atoms with Crippen LogP contribution in [-0.4, -0.2) is 17.3 Å². The van der Waals surface area contributed by atoms with Crippen molar-refractivity contribution in [1.82, 2.24) is 0 Å². The average molecular weight is 255 g/mol. The van der Waals surface area contributed by atoms with Gasteiger partial charge in [-0.1, -0.05) is 30.9 Å². The maximum absolute atomic E-state index is 9.63. The van der Waals surface area contributed by atoms with Crippen molar-refractivity contribution in [3.05, 3.63) is 23.2 Å². The fourth-order valence-corrected chi connectivity index (χ4v) is 2.65. The summed E-state index contributed by atoms with van der Waals surface area (Å²) in [6.45, 7) is 0.138. The minimum Gasteiger partial charge on any atom is -0.397 e. The second-order valence-electron chi connectivity index (χ2n) is 4.86. The Morgan fingerprint density at radius 1 is 1.29 bits per heavy atom. The van der Waals surface area contributed by atoms with Gasteiger partial charge in [0.25, 0.3) is 0 Å². The number of nitrogens with one attached hydrogen (secondary N) is 1. The number of benzene rings is 1. The highest BCUT2D eigenvalue weighted by Crippen LogP contribution is 2.34. The molecule has 0 spiro atoms. The first-order chi connectivity index (χ1) is 8.15. The number of anilines is 2. The van der Waals surface area contributed by atoms with Gasteiger partial charge in [-0.05, 0) is 31.0 Å². The van der Waals surface area contributed by atoms with Crippen molar-refractivity contribution < 1.29 is 5.11 Å². The van der Waals surface area contributed by atoms with Crippen LogP contribution in [0.4, 0.5) is 11.4 Å². The van der Waals surface area contributed by atoms with Gasteiger partial charge in [0, 0.05) is 5.02 Å². The average Bonchev–Trinajstić information content (AvgIpc) is 2.35. The molecule has 2 rings (SSSR count). The number of hydrogen-bond donors (Lipinski definition) is 3. The lowest BCUT2D eigenvalue weighted by molar-refractivity contribution is 0.173. The zero-order chi connectivity index (χ0) is 12.3. The molecule has 0 atom stereocenters. The topological polar surface area (TPSA) is 58.3 Å². The molecule has 3 nitrogen and oxygen atoms in total. The number of aliphatic hydroxyl groups excluding tert-OH is 1. The third kappa shape index (κ3) is 2.85. The van der Waals surface area contributed by atoms with E-state index in [0.717, 1.165) is 31.4 Å². The number of aliphatic hydroxyl groups is 1. The predicted octanol–water partition coefficient (Wildman–Crippen LogP) is 3.03. The second-order valence-corrected chi connectivity index (χ2v) is 5.29. The molecule has 0 aromatic heterocycles. The molecule has 0 heterocycles. The first-order valence-electron chi connectivity index (χ1n) is 6.09. The van der Waals surface area contributed by atoms with Gasteiger partial charge >= 0.3 is 0 Å². The van der Waals surface area contributed by atoms with Crippen molar-refractivity contribution in [2.75, 3.05) is 17.7 Å². The summed E-state index contributed by atoms with van der Waals surface area (Å²) in [5, 5.41) is 13.7. The molecule has 1 aliphatic rings. The van der Waals surface area contributed by atoms with E-state index in [4.69, 9.17) is 17.3 Å². The van der Waals surface area contributed by atoms with Crippen LogP contribution in [0.1, 0.15) is 32.1 Å².